The number of nitrogens with one attached hydrogen (secondary N) is 1. The molecule has 0 aliphatic rings. The number of rotatable bonds is 6. The van der Waals surface area contributed by atoms with Crippen LogP contribution in [0.15, 0.2) is 35.7 Å². The van der Waals surface area contributed by atoms with Gasteiger partial charge < -0.3 is 10.4 Å². The van der Waals surface area contributed by atoms with Gasteiger partial charge in [-0.1, -0.05) is 30.3 Å². The predicted octanol–water partition coefficient (Wildman–Crippen LogP) is 2.79. The van der Waals surface area contributed by atoms with Crippen LogP contribution in [0.1, 0.15) is 40.5 Å². The molecule has 6 heteroatoms. The fourth-order valence-electron chi connectivity index (χ4n) is 2.02. The highest BCUT2D eigenvalue weighted by Gasteiger charge is 2.18. The van der Waals surface area contributed by atoms with Crippen LogP contribution >= 0.6 is 11.5 Å². The average molecular weight is 304 g/mol. The van der Waals surface area contributed by atoms with E-state index in [-0.39, 0.29) is 18.4 Å². The van der Waals surface area contributed by atoms with E-state index < -0.39 is 5.97 Å². The molecule has 21 heavy (non-hydrogen) atoms. The maximum atomic E-state index is 12.3. The molecule has 0 aliphatic heterocycles. The van der Waals surface area contributed by atoms with Crippen molar-refractivity contribution >= 4 is 23.4 Å². The monoisotopic (exact) mass is 304 g/mol. The van der Waals surface area contributed by atoms with E-state index in [1.807, 2.05) is 30.3 Å². The number of aromatic nitrogens is 1. The second-order valence-electron chi connectivity index (χ2n) is 4.68. The summed E-state index contributed by atoms with van der Waals surface area (Å²) in [5.41, 5.74) is 2.12. The van der Waals surface area contributed by atoms with Crippen LogP contribution < -0.4 is 5.32 Å². The molecule has 0 saturated heterocycles. The Balaban J connectivity index is 2.14. The molecule has 0 radical (unpaired) electrons. The zero-order valence-electron chi connectivity index (χ0n) is 11.6. The van der Waals surface area contributed by atoms with Crippen LogP contribution in [-0.2, 0) is 4.79 Å². The first kappa shape index (κ1) is 15.2. The fraction of sp³-hybridized carbons (Fsp3) is 0.267. The second kappa shape index (κ2) is 6.99. The third-order valence-electron chi connectivity index (χ3n) is 3.15. The Morgan fingerprint density at radius 1 is 1.33 bits per heavy atom. The minimum atomic E-state index is -0.876. The number of aliphatic carboxylic acids is 1. The normalized spacial score (nSPS) is 11.9. The Labute approximate surface area is 126 Å². The Morgan fingerprint density at radius 2 is 2.05 bits per heavy atom. The molecule has 0 aliphatic carbocycles. The molecule has 5 nitrogen and oxygen atoms in total. The zero-order valence-corrected chi connectivity index (χ0v) is 12.4. The summed E-state index contributed by atoms with van der Waals surface area (Å²) >= 11 is 1.23. The van der Waals surface area contributed by atoms with Gasteiger partial charge >= 0.3 is 5.97 Å². The summed E-state index contributed by atoms with van der Waals surface area (Å²) in [6, 6.07) is 9.05. The fourth-order valence-corrected chi connectivity index (χ4v) is 2.71. The minimum Gasteiger partial charge on any atom is -0.481 e. The van der Waals surface area contributed by atoms with Crippen molar-refractivity contribution < 1.29 is 14.7 Å². The first-order valence-corrected chi connectivity index (χ1v) is 7.40. The van der Waals surface area contributed by atoms with Gasteiger partial charge in [0.25, 0.3) is 5.91 Å². The van der Waals surface area contributed by atoms with Crippen molar-refractivity contribution in [1.82, 2.24) is 9.69 Å². The van der Waals surface area contributed by atoms with Gasteiger partial charge in [-0.15, -0.1) is 0 Å². The summed E-state index contributed by atoms with van der Waals surface area (Å²) < 4.78 is 4.08. The molecular weight excluding hydrogens is 288 g/mol. The van der Waals surface area contributed by atoms with Crippen molar-refractivity contribution in [1.29, 1.82) is 0 Å². The Hall–Kier alpha value is -2.21. The van der Waals surface area contributed by atoms with Gasteiger partial charge in [-0.3, -0.25) is 9.59 Å². The Bertz CT molecular complexity index is 625. The van der Waals surface area contributed by atoms with Crippen molar-refractivity contribution in [2.75, 3.05) is 0 Å². The maximum Gasteiger partial charge on any atom is 0.303 e. The minimum absolute atomic E-state index is 0.000704. The third-order valence-corrected chi connectivity index (χ3v) is 3.87. The standard InChI is InChI=1S/C15H16N2O3S/c1-10-12(9-21-17-10)15(20)16-13(7-8-14(18)19)11-5-3-2-4-6-11/h2-6,9,13H,7-8H2,1H3,(H,16,20)(H,18,19). The third kappa shape index (κ3) is 4.13. The number of amides is 1. The lowest BCUT2D eigenvalue weighted by Crippen LogP contribution is -2.29. The van der Waals surface area contributed by atoms with Crippen molar-refractivity contribution in [3.8, 4) is 0 Å². The molecule has 0 spiro atoms. The summed E-state index contributed by atoms with van der Waals surface area (Å²) in [4.78, 5) is 23.0. The van der Waals surface area contributed by atoms with Crippen molar-refractivity contribution in [3.63, 3.8) is 0 Å². The van der Waals surface area contributed by atoms with Gasteiger partial charge in [0, 0.05) is 11.8 Å². The van der Waals surface area contributed by atoms with Crippen molar-refractivity contribution in [2.24, 2.45) is 0 Å². The first-order valence-electron chi connectivity index (χ1n) is 6.56. The van der Waals surface area contributed by atoms with Crippen LogP contribution in [0.3, 0.4) is 0 Å². The Morgan fingerprint density at radius 3 is 2.62 bits per heavy atom. The van der Waals surface area contributed by atoms with E-state index in [4.69, 9.17) is 5.11 Å². The summed E-state index contributed by atoms with van der Waals surface area (Å²) in [6.45, 7) is 1.78. The summed E-state index contributed by atoms with van der Waals surface area (Å²) in [5.74, 6) is -1.10. The molecule has 1 atom stereocenters. The van der Waals surface area contributed by atoms with Crippen molar-refractivity contribution in [3.05, 3.63) is 52.5 Å². The van der Waals surface area contributed by atoms with E-state index in [1.54, 1.807) is 12.3 Å². The summed E-state index contributed by atoms with van der Waals surface area (Å²) in [7, 11) is 0. The SMILES string of the molecule is Cc1nscc1C(=O)NC(CCC(=O)O)c1ccccc1. The first-order chi connectivity index (χ1) is 10.1. The molecule has 1 aromatic carbocycles. The number of hydrogen-bond donors (Lipinski definition) is 2. The Kier molecular flexibility index (Phi) is 5.05. The van der Waals surface area contributed by atoms with E-state index >= 15 is 0 Å². The van der Waals surface area contributed by atoms with E-state index in [9.17, 15) is 9.59 Å². The zero-order chi connectivity index (χ0) is 15.2. The van der Waals surface area contributed by atoms with Gasteiger partial charge in [0.2, 0.25) is 0 Å². The number of aryl methyl sites for hydroxylation is 1. The topological polar surface area (TPSA) is 79.3 Å². The maximum absolute atomic E-state index is 12.3. The second-order valence-corrected chi connectivity index (χ2v) is 5.31. The number of carbonyl (C=O) groups is 2. The lowest BCUT2D eigenvalue weighted by molar-refractivity contribution is -0.137. The molecule has 2 aromatic rings. The molecule has 1 aromatic heterocycles. The van der Waals surface area contributed by atoms with Crippen molar-refractivity contribution in [2.45, 2.75) is 25.8 Å². The molecule has 110 valence electrons. The van der Waals surface area contributed by atoms with Gasteiger partial charge in [-0.2, -0.15) is 4.37 Å². The number of hydrogen-bond acceptors (Lipinski definition) is 4. The molecule has 2 N–H and O–H groups in total. The number of carboxylic acid groups (broad SMARTS) is 1. The highest BCUT2D eigenvalue weighted by atomic mass is 32.1. The highest BCUT2D eigenvalue weighted by molar-refractivity contribution is 7.03. The molecule has 0 bridgehead atoms. The molecule has 1 heterocycles. The lowest BCUT2D eigenvalue weighted by atomic mass is 10.0. The molecule has 1 unspecified atom stereocenters. The number of carbonyl (C=O) groups excluding carboxylic acids is 1. The lowest BCUT2D eigenvalue weighted by Gasteiger charge is -2.18. The summed E-state index contributed by atoms with van der Waals surface area (Å²) in [6.07, 6.45) is 0.350. The smallest absolute Gasteiger partial charge is 0.303 e. The van der Waals surface area contributed by atoms with E-state index in [0.29, 0.717) is 17.7 Å². The van der Waals surface area contributed by atoms with E-state index in [2.05, 4.69) is 9.69 Å². The summed E-state index contributed by atoms with van der Waals surface area (Å²) in [5, 5.41) is 13.4. The highest BCUT2D eigenvalue weighted by Crippen LogP contribution is 2.20. The number of nitrogens with zero attached hydrogens (tertiary/aromatic N) is 1. The van der Waals surface area contributed by atoms with Crippen LogP contribution in [0, 0.1) is 6.92 Å². The quantitative estimate of drug-likeness (QED) is 0.860. The van der Waals surface area contributed by atoms with E-state index in [0.717, 1.165) is 5.56 Å². The van der Waals surface area contributed by atoms with Gasteiger partial charge in [-0.05, 0) is 30.4 Å². The molecule has 1 amide bonds. The number of carboxylic acids is 1. The van der Waals surface area contributed by atoms with Gasteiger partial charge in [0.15, 0.2) is 0 Å². The average Bonchev–Trinajstić information content (AvgIpc) is 2.90. The van der Waals surface area contributed by atoms with Crippen LogP contribution in [0.2, 0.25) is 0 Å². The van der Waals surface area contributed by atoms with E-state index in [1.165, 1.54) is 11.5 Å². The number of benzene rings is 1. The molecular formula is C15H16N2O3S. The van der Waals surface area contributed by atoms with Crippen LogP contribution in [-0.4, -0.2) is 21.4 Å². The largest absolute Gasteiger partial charge is 0.481 e. The van der Waals surface area contributed by atoms with Crippen LogP contribution in [0.4, 0.5) is 0 Å². The predicted molar refractivity (Wildman–Crippen MR) is 80.4 cm³/mol. The molecule has 0 fully saturated rings. The van der Waals surface area contributed by atoms with Crippen LogP contribution in [0.25, 0.3) is 0 Å². The van der Waals surface area contributed by atoms with Gasteiger partial charge in [-0.25, -0.2) is 0 Å². The van der Waals surface area contributed by atoms with Crippen LogP contribution in [0.5, 0.6) is 0 Å². The molecule has 0 saturated carbocycles. The van der Waals surface area contributed by atoms with Gasteiger partial charge in [0.05, 0.1) is 17.3 Å². The van der Waals surface area contributed by atoms with Gasteiger partial charge in [0.1, 0.15) is 0 Å². The molecule has 2 rings (SSSR count).